The highest BCUT2D eigenvalue weighted by Crippen LogP contribution is 2.60. The van der Waals surface area contributed by atoms with Gasteiger partial charge in [0.1, 0.15) is 0 Å². The number of aliphatic carboxylic acids is 1. The maximum absolute atomic E-state index is 10.9. The minimum Gasteiger partial charge on any atom is -0.481 e. The molecule has 0 heterocycles. The van der Waals surface area contributed by atoms with E-state index in [1.54, 1.807) is 0 Å². The molecule has 0 aromatic heterocycles. The van der Waals surface area contributed by atoms with Crippen LogP contribution in [0.3, 0.4) is 0 Å². The second kappa shape index (κ2) is 2.99. The van der Waals surface area contributed by atoms with E-state index in [2.05, 4.69) is 0 Å². The Bertz CT molecular complexity index is 322. The molecular weight excluding hydrogens is 208 g/mol. The fourth-order valence-corrected chi connectivity index (χ4v) is 4.56. The minimum atomic E-state index is -1.06. The van der Waals surface area contributed by atoms with Gasteiger partial charge in [0, 0.05) is 0 Å². The van der Waals surface area contributed by atoms with Crippen LogP contribution in [-0.2, 0) is 4.79 Å². The molecule has 0 spiro atoms. The van der Waals surface area contributed by atoms with Crippen molar-refractivity contribution in [1.29, 1.82) is 0 Å². The molecule has 3 N–H and O–H groups in total. The van der Waals surface area contributed by atoms with Crippen molar-refractivity contribution in [3.63, 3.8) is 0 Å². The highest BCUT2D eigenvalue weighted by atomic mass is 16.4. The van der Waals surface area contributed by atoms with Crippen LogP contribution in [0.4, 0.5) is 0 Å². The van der Waals surface area contributed by atoms with Crippen LogP contribution in [0.5, 0.6) is 0 Å². The zero-order chi connectivity index (χ0) is 11.6. The molecule has 0 aromatic rings. The Morgan fingerprint density at radius 3 is 2.12 bits per heavy atom. The van der Waals surface area contributed by atoms with Crippen molar-refractivity contribution in [1.82, 2.24) is 0 Å². The number of carbonyl (C=O) groups is 1. The van der Waals surface area contributed by atoms with Crippen LogP contribution in [-0.4, -0.2) is 32.5 Å². The average molecular weight is 226 g/mol. The third-order valence-corrected chi connectivity index (χ3v) is 5.01. The van der Waals surface area contributed by atoms with E-state index in [0.717, 1.165) is 19.3 Å². The lowest BCUT2D eigenvalue weighted by Crippen LogP contribution is -2.64. The number of aliphatic hydroxyl groups is 2. The van der Waals surface area contributed by atoms with Crippen LogP contribution < -0.4 is 0 Å². The molecular formula is C12H18O4. The molecule has 2 atom stereocenters. The molecule has 4 bridgehead atoms. The summed E-state index contributed by atoms with van der Waals surface area (Å²) in [5.41, 5.74) is -1.67. The van der Waals surface area contributed by atoms with Gasteiger partial charge < -0.3 is 15.3 Å². The summed E-state index contributed by atoms with van der Waals surface area (Å²) in [7, 11) is 0. The molecule has 4 fully saturated rings. The first-order valence-electron chi connectivity index (χ1n) is 6.08. The molecule has 4 aliphatic carbocycles. The third-order valence-electron chi connectivity index (χ3n) is 5.01. The Morgan fingerprint density at radius 1 is 1.12 bits per heavy atom. The van der Waals surface area contributed by atoms with Gasteiger partial charge in [0.15, 0.2) is 0 Å². The third kappa shape index (κ3) is 1.32. The minimum absolute atomic E-state index is 0.0140. The Hall–Kier alpha value is -0.610. The van der Waals surface area contributed by atoms with E-state index in [9.17, 15) is 15.0 Å². The molecule has 2 unspecified atom stereocenters. The van der Waals surface area contributed by atoms with Crippen LogP contribution >= 0.6 is 0 Å². The van der Waals surface area contributed by atoms with E-state index in [1.165, 1.54) is 0 Å². The van der Waals surface area contributed by atoms with Crippen molar-refractivity contribution in [2.75, 3.05) is 0 Å². The summed E-state index contributed by atoms with van der Waals surface area (Å²) < 4.78 is 0. The van der Waals surface area contributed by atoms with Gasteiger partial charge in [-0.15, -0.1) is 0 Å². The second-order valence-electron chi connectivity index (χ2n) is 6.13. The van der Waals surface area contributed by atoms with E-state index in [0.29, 0.717) is 18.8 Å². The van der Waals surface area contributed by atoms with Crippen LogP contribution in [0.15, 0.2) is 0 Å². The number of carboxylic acid groups (broad SMARTS) is 1. The fraction of sp³-hybridized carbons (Fsp3) is 0.917. The maximum Gasteiger partial charge on any atom is 0.306 e. The summed E-state index contributed by atoms with van der Waals surface area (Å²) in [6, 6.07) is 0. The lowest BCUT2D eigenvalue weighted by Gasteiger charge is -2.61. The Kier molecular flexibility index (Phi) is 1.97. The Morgan fingerprint density at radius 2 is 1.69 bits per heavy atom. The summed E-state index contributed by atoms with van der Waals surface area (Å²) in [4.78, 5) is 10.9. The van der Waals surface area contributed by atoms with Gasteiger partial charge in [-0.2, -0.15) is 0 Å². The summed E-state index contributed by atoms with van der Waals surface area (Å²) in [6.07, 6.45) is 3.65. The van der Waals surface area contributed by atoms with E-state index in [4.69, 9.17) is 5.11 Å². The Balaban J connectivity index is 1.91. The van der Waals surface area contributed by atoms with E-state index in [-0.39, 0.29) is 18.3 Å². The van der Waals surface area contributed by atoms with Crippen molar-refractivity contribution in [3.05, 3.63) is 0 Å². The number of rotatable bonds is 2. The van der Waals surface area contributed by atoms with Crippen molar-refractivity contribution >= 4 is 5.97 Å². The number of hydrogen-bond acceptors (Lipinski definition) is 3. The monoisotopic (exact) mass is 226 g/mol. The first-order chi connectivity index (χ1) is 7.41. The van der Waals surface area contributed by atoms with Crippen LogP contribution in [0.25, 0.3) is 0 Å². The summed E-state index contributed by atoms with van der Waals surface area (Å²) in [5, 5.41) is 29.8. The topological polar surface area (TPSA) is 77.8 Å². The first-order valence-corrected chi connectivity index (χ1v) is 6.08. The zero-order valence-corrected chi connectivity index (χ0v) is 9.22. The maximum atomic E-state index is 10.9. The SMILES string of the molecule is O=C(O)CC1(O)C2CC3CC1CC(O)(C3)C2. The van der Waals surface area contributed by atoms with Gasteiger partial charge in [0.05, 0.1) is 17.6 Å². The van der Waals surface area contributed by atoms with Crippen LogP contribution in [0.1, 0.15) is 38.5 Å². The summed E-state index contributed by atoms with van der Waals surface area (Å²) in [5.74, 6) is -0.460. The predicted molar refractivity (Wildman–Crippen MR) is 55.7 cm³/mol. The van der Waals surface area contributed by atoms with Gasteiger partial charge in [-0.3, -0.25) is 4.79 Å². The van der Waals surface area contributed by atoms with E-state index in [1.807, 2.05) is 0 Å². The second-order valence-corrected chi connectivity index (χ2v) is 6.13. The molecule has 4 rings (SSSR count). The number of hydrogen-bond donors (Lipinski definition) is 3. The molecule has 4 nitrogen and oxygen atoms in total. The smallest absolute Gasteiger partial charge is 0.306 e. The van der Waals surface area contributed by atoms with E-state index >= 15 is 0 Å². The van der Waals surface area contributed by atoms with E-state index < -0.39 is 17.2 Å². The molecule has 16 heavy (non-hydrogen) atoms. The van der Waals surface area contributed by atoms with Crippen molar-refractivity contribution in [2.24, 2.45) is 17.8 Å². The molecule has 0 aromatic carbocycles. The van der Waals surface area contributed by atoms with Crippen molar-refractivity contribution in [3.8, 4) is 0 Å². The van der Waals surface area contributed by atoms with Crippen LogP contribution in [0.2, 0.25) is 0 Å². The molecule has 4 heteroatoms. The molecule has 0 radical (unpaired) electrons. The highest BCUT2D eigenvalue weighted by Gasteiger charge is 2.61. The quantitative estimate of drug-likeness (QED) is 0.649. The van der Waals surface area contributed by atoms with Gasteiger partial charge in [-0.1, -0.05) is 0 Å². The summed E-state index contributed by atoms with van der Waals surface area (Å²) in [6.45, 7) is 0. The molecule has 90 valence electrons. The average Bonchev–Trinajstić information content (AvgIpc) is 2.10. The van der Waals surface area contributed by atoms with Gasteiger partial charge in [-0.05, 0) is 49.9 Å². The molecule has 0 amide bonds. The van der Waals surface area contributed by atoms with Gasteiger partial charge in [0.25, 0.3) is 0 Å². The molecule has 4 aliphatic rings. The molecule has 0 saturated heterocycles. The van der Waals surface area contributed by atoms with Gasteiger partial charge >= 0.3 is 5.97 Å². The zero-order valence-electron chi connectivity index (χ0n) is 9.22. The van der Waals surface area contributed by atoms with Crippen LogP contribution in [0, 0.1) is 17.8 Å². The van der Waals surface area contributed by atoms with Crippen molar-refractivity contribution in [2.45, 2.75) is 49.7 Å². The lowest BCUT2D eigenvalue weighted by atomic mass is 9.47. The van der Waals surface area contributed by atoms with Gasteiger partial charge in [-0.25, -0.2) is 0 Å². The Labute approximate surface area is 94.3 Å². The molecule has 4 saturated carbocycles. The molecule has 0 aliphatic heterocycles. The standard InChI is InChI=1S/C12H18O4/c13-10(14)6-12(16)8-1-7-2-9(12)5-11(15,3-7)4-8/h7-9,15-16H,1-6H2,(H,13,14). The van der Waals surface area contributed by atoms with Crippen molar-refractivity contribution < 1.29 is 20.1 Å². The normalized spacial score (nSPS) is 54.2. The summed E-state index contributed by atoms with van der Waals surface area (Å²) >= 11 is 0. The highest BCUT2D eigenvalue weighted by molar-refractivity contribution is 5.68. The predicted octanol–water partition coefficient (Wildman–Crippen LogP) is 0.763. The fourth-order valence-electron chi connectivity index (χ4n) is 4.56. The van der Waals surface area contributed by atoms with Gasteiger partial charge in [0.2, 0.25) is 0 Å². The number of carboxylic acids is 1. The first kappa shape index (κ1) is 10.5. The largest absolute Gasteiger partial charge is 0.481 e. The lowest BCUT2D eigenvalue weighted by molar-refractivity contribution is -0.230.